The van der Waals surface area contributed by atoms with Gasteiger partial charge in [-0.3, -0.25) is 0 Å². The summed E-state index contributed by atoms with van der Waals surface area (Å²) in [5.74, 6) is 0.600. The number of benzene rings is 1. The van der Waals surface area contributed by atoms with Gasteiger partial charge >= 0.3 is 0 Å². The largest absolute Gasteiger partial charge is 0.349 e. The Morgan fingerprint density at radius 1 is 0.960 bits per heavy atom. The van der Waals surface area contributed by atoms with Gasteiger partial charge in [0.1, 0.15) is 0 Å². The summed E-state index contributed by atoms with van der Waals surface area (Å²) in [4.78, 5) is 0.416. The molecule has 2 aliphatic rings. The summed E-state index contributed by atoms with van der Waals surface area (Å²) in [6.45, 7) is 3.21. The number of nitrogens with zero attached hydrogens (tertiary/aromatic N) is 2. The maximum atomic E-state index is 13.1. The van der Waals surface area contributed by atoms with Gasteiger partial charge in [-0.2, -0.15) is 4.31 Å². The first kappa shape index (κ1) is 16.9. The maximum Gasteiger partial charge on any atom is 0.243 e. The number of sulfonamides is 1. The smallest absolute Gasteiger partial charge is 0.243 e. The van der Waals surface area contributed by atoms with Gasteiger partial charge in [-0.25, -0.2) is 8.42 Å². The lowest BCUT2D eigenvalue weighted by molar-refractivity contribution is 0.282. The van der Waals surface area contributed by atoms with E-state index in [1.165, 1.54) is 37.7 Å². The summed E-state index contributed by atoms with van der Waals surface area (Å²) in [7, 11) is -3.46. The Hall–Kier alpha value is -1.59. The van der Waals surface area contributed by atoms with Crippen molar-refractivity contribution >= 4 is 10.0 Å². The molecule has 4 rings (SSSR count). The van der Waals surface area contributed by atoms with Crippen molar-refractivity contribution in [1.29, 1.82) is 0 Å². The Labute approximate surface area is 150 Å². The van der Waals surface area contributed by atoms with Crippen LogP contribution < -0.4 is 0 Å². The van der Waals surface area contributed by atoms with Gasteiger partial charge < -0.3 is 4.57 Å². The van der Waals surface area contributed by atoms with Crippen LogP contribution in [-0.4, -0.2) is 23.8 Å². The first-order valence-electron chi connectivity index (χ1n) is 9.34. The van der Waals surface area contributed by atoms with E-state index < -0.39 is 10.0 Å². The minimum absolute atomic E-state index is 0.133. The molecular formula is C20H26N2O2S. The number of hydrogen-bond acceptors (Lipinski definition) is 2. The van der Waals surface area contributed by atoms with Crippen LogP contribution in [-0.2, 0) is 16.6 Å². The van der Waals surface area contributed by atoms with E-state index >= 15 is 0 Å². The van der Waals surface area contributed by atoms with E-state index in [0.29, 0.717) is 23.9 Å². The summed E-state index contributed by atoms with van der Waals surface area (Å²) in [6, 6.07) is 11.5. The molecule has 1 aliphatic carbocycles. The maximum absolute atomic E-state index is 13.1. The van der Waals surface area contributed by atoms with Gasteiger partial charge in [-0.15, -0.1) is 0 Å². The molecule has 0 amide bonds. The van der Waals surface area contributed by atoms with Crippen LogP contribution in [0.25, 0.3) is 0 Å². The third-order valence-corrected chi connectivity index (χ3v) is 7.83. The Balaban J connectivity index is 1.58. The van der Waals surface area contributed by atoms with E-state index in [-0.39, 0.29) is 6.04 Å². The van der Waals surface area contributed by atoms with Gasteiger partial charge in [0.15, 0.2) is 0 Å². The molecule has 0 unspecified atom stereocenters. The normalized spacial score (nSPS) is 22.7. The number of rotatable bonds is 3. The predicted octanol–water partition coefficient (Wildman–Crippen LogP) is 4.30. The highest BCUT2D eigenvalue weighted by molar-refractivity contribution is 7.89. The summed E-state index contributed by atoms with van der Waals surface area (Å²) >= 11 is 0. The highest BCUT2D eigenvalue weighted by Crippen LogP contribution is 2.34. The first-order valence-corrected chi connectivity index (χ1v) is 10.8. The summed E-state index contributed by atoms with van der Waals surface area (Å²) in [5, 5.41) is 0. The van der Waals surface area contributed by atoms with Crippen LogP contribution in [0.4, 0.5) is 0 Å². The molecule has 1 aliphatic heterocycles. The average Bonchev–Trinajstić information content (AvgIpc) is 3.12. The molecule has 4 nitrogen and oxygen atoms in total. The van der Waals surface area contributed by atoms with Crippen LogP contribution in [0, 0.1) is 0 Å². The van der Waals surface area contributed by atoms with Gasteiger partial charge in [0.25, 0.3) is 0 Å². The molecule has 1 aromatic heterocycles. The average molecular weight is 359 g/mol. The van der Waals surface area contributed by atoms with Crippen LogP contribution in [0.15, 0.2) is 47.5 Å². The fraction of sp³-hybridized carbons (Fsp3) is 0.500. The molecule has 1 aromatic carbocycles. The van der Waals surface area contributed by atoms with E-state index in [1.807, 2.05) is 37.4 Å². The quantitative estimate of drug-likeness (QED) is 0.821. The van der Waals surface area contributed by atoms with Crippen LogP contribution >= 0.6 is 0 Å². The third-order valence-electron chi connectivity index (χ3n) is 5.85. The fourth-order valence-electron chi connectivity index (χ4n) is 4.37. The Bertz CT molecular complexity index is 833. The molecule has 134 valence electrons. The van der Waals surface area contributed by atoms with E-state index in [0.717, 1.165) is 5.69 Å². The molecule has 0 bridgehead atoms. The number of aromatic nitrogens is 1. The monoisotopic (exact) mass is 358 g/mol. The molecule has 2 heterocycles. The zero-order valence-electron chi connectivity index (χ0n) is 14.8. The van der Waals surface area contributed by atoms with Crippen LogP contribution in [0.3, 0.4) is 0 Å². The number of hydrogen-bond donors (Lipinski definition) is 0. The molecular weight excluding hydrogens is 332 g/mol. The second-order valence-corrected chi connectivity index (χ2v) is 9.21. The van der Waals surface area contributed by atoms with Crippen molar-refractivity contribution < 1.29 is 8.42 Å². The molecule has 1 atom stereocenters. The molecule has 0 saturated heterocycles. The second-order valence-electron chi connectivity index (χ2n) is 7.32. The molecule has 25 heavy (non-hydrogen) atoms. The van der Waals surface area contributed by atoms with E-state index in [1.54, 1.807) is 16.4 Å². The summed E-state index contributed by atoms with van der Waals surface area (Å²) in [5.41, 5.74) is 2.35. The molecule has 2 aromatic rings. The van der Waals surface area contributed by atoms with Crippen molar-refractivity contribution in [2.75, 3.05) is 6.54 Å². The lowest BCUT2D eigenvalue weighted by Crippen LogP contribution is -2.40. The molecule has 1 fully saturated rings. The van der Waals surface area contributed by atoms with Crippen LogP contribution in [0.5, 0.6) is 0 Å². The first-order chi connectivity index (χ1) is 12.1. The highest BCUT2D eigenvalue weighted by Gasteiger charge is 2.33. The highest BCUT2D eigenvalue weighted by atomic mass is 32.2. The standard InChI is InChI=1S/C20H26N2O2S/c1-16-20-8-5-13-21(20)14-15-22(16)25(23,24)19-11-9-18(10-12-19)17-6-3-2-4-7-17/h5,8-13,16-17H,2-4,6-7,14-15H2,1H3/t16-/m1/s1. The topological polar surface area (TPSA) is 42.3 Å². The van der Waals surface area contributed by atoms with Crippen LogP contribution in [0.1, 0.15) is 62.2 Å². The lowest BCUT2D eigenvalue weighted by atomic mass is 9.84. The third kappa shape index (κ3) is 3.04. The van der Waals surface area contributed by atoms with Crippen molar-refractivity contribution in [1.82, 2.24) is 8.87 Å². The zero-order chi connectivity index (χ0) is 17.4. The van der Waals surface area contributed by atoms with Crippen molar-refractivity contribution in [3.8, 4) is 0 Å². The molecule has 0 spiro atoms. The summed E-state index contributed by atoms with van der Waals surface area (Å²) in [6.07, 6.45) is 8.39. The summed E-state index contributed by atoms with van der Waals surface area (Å²) < 4.78 is 30.0. The molecule has 1 saturated carbocycles. The molecule has 5 heteroatoms. The Morgan fingerprint density at radius 2 is 1.68 bits per heavy atom. The second kappa shape index (κ2) is 6.61. The van der Waals surface area contributed by atoms with Crippen molar-refractivity contribution in [3.05, 3.63) is 53.9 Å². The zero-order valence-corrected chi connectivity index (χ0v) is 15.6. The molecule has 0 radical (unpaired) electrons. The van der Waals surface area contributed by atoms with Crippen molar-refractivity contribution in [3.63, 3.8) is 0 Å². The minimum atomic E-state index is -3.46. The number of fused-ring (bicyclic) bond motifs is 1. The van der Waals surface area contributed by atoms with Gasteiger partial charge in [-0.1, -0.05) is 31.4 Å². The van der Waals surface area contributed by atoms with Gasteiger partial charge in [-0.05, 0) is 55.5 Å². The van der Waals surface area contributed by atoms with Gasteiger partial charge in [0.2, 0.25) is 10.0 Å². The lowest BCUT2D eigenvalue weighted by Gasteiger charge is -2.34. The van der Waals surface area contributed by atoms with Crippen LogP contribution in [0.2, 0.25) is 0 Å². The Kier molecular flexibility index (Phi) is 4.46. The van der Waals surface area contributed by atoms with E-state index in [4.69, 9.17) is 0 Å². The van der Waals surface area contributed by atoms with Gasteiger partial charge in [0.05, 0.1) is 10.9 Å². The van der Waals surface area contributed by atoms with E-state index in [9.17, 15) is 8.42 Å². The minimum Gasteiger partial charge on any atom is -0.349 e. The van der Waals surface area contributed by atoms with Crippen molar-refractivity contribution in [2.45, 2.75) is 62.4 Å². The van der Waals surface area contributed by atoms with Gasteiger partial charge in [0, 0.05) is 25.0 Å². The SMILES string of the molecule is C[C@@H]1c2cccn2CCN1S(=O)(=O)c1ccc(C2CCCCC2)cc1. The Morgan fingerprint density at radius 3 is 2.40 bits per heavy atom. The van der Waals surface area contributed by atoms with Crippen molar-refractivity contribution in [2.24, 2.45) is 0 Å². The fourth-order valence-corrected chi connectivity index (χ4v) is 5.97. The predicted molar refractivity (Wildman–Crippen MR) is 99.0 cm³/mol. The molecule has 0 N–H and O–H groups in total. The van der Waals surface area contributed by atoms with E-state index in [2.05, 4.69) is 4.57 Å².